The number of aryl methyl sites for hydroxylation is 2. The summed E-state index contributed by atoms with van der Waals surface area (Å²) in [6.45, 7) is 1.93. The number of fused-ring (bicyclic) bond motifs is 3. The molecule has 0 radical (unpaired) electrons. The molecule has 1 aliphatic rings. The first-order valence-corrected chi connectivity index (χ1v) is 10.4. The number of hydrogen-bond acceptors (Lipinski definition) is 5. The van der Waals surface area contributed by atoms with Crippen LogP contribution in [0.3, 0.4) is 0 Å². The highest BCUT2D eigenvalue weighted by Gasteiger charge is 2.16. The first kappa shape index (κ1) is 20.7. The number of aromatic nitrogens is 3. The van der Waals surface area contributed by atoms with Gasteiger partial charge in [-0.05, 0) is 66.6 Å². The molecule has 0 aliphatic carbocycles. The Hall–Kier alpha value is -2.61. The predicted molar refractivity (Wildman–Crippen MR) is 119 cm³/mol. The van der Waals surface area contributed by atoms with Crippen LogP contribution in [-0.2, 0) is 25.8 Å². The van der Waals surface area contributed by atoms with E-state index in [-0.39, 0.29) is 23.8 Å². The fourth-order valence-corrected chi connectivity index (χ4v) is 5.01. The third-order valence-electron chi connectivity index (χ3n) is 5.26. The Morgan fingerprint density at radius 3 is 2.83 bits per heavy atom. The molecule has 1 aromatic carbocycles. The topological polar surface area (TPSA) is 59.8 Å². The van der Waals surface area contributed by atoms with Crippen LogP contribution in [0.1, 0.15) is 21.7 Å². The molecular formula is C22H20ClFN4OS. The maximum absolute atomic E-state index is 13.0. The Bertz CT molecular complexity index is 1250. The van der Waals surface area contributed by atoms with Gasteiger partial charge in [-0.1, -0.05) is 6.07 Å². The van der Waals surface area contributed by atoms with Crippen LogP contribution >= 0.6 is 23.7 Å². The second-order valence-corrected chi connectivity index (χ2v) is 8.33. The highest BCUT2D eigenvalue weighted by molar-refractivity contribution is 7.19. The van der Waals surface area contributed by atoms with E-state index < -0.39 is 0 Å². The SMILES string of the molecule is Cl.O=c1cc(CCc2ccc(F)cn2)cnn1-c1ccc2c3c(sc2c1)CNCC3. The average molecular weight is 443 g/mol. The van der Waals surface area contributed by atoms with E-state index in [1.165, 1.54) is 37.5 Å². The molecule has 0 spiro atoms. The van der Waals surface area contributed by atoms with Crippen molar-refractivity contribution in [1.82, 2.24) is 20.1 Å². The fraction of sp³-hybridized carbons (Fsp3) is 0.227. The van der Waals surface area contributed by atoms with Crippen molar-refractivity contribution in [1.29, 1.82) is 0 Å². The van der Waals surface area contributed by atoms with Crippen molar-refractivity contribution < 1.29 is 4.39 Å². The summed E-state index contributed by atoms with van der Waals surface area (Å²) in [5.74, 6) is -0.349. The summed E-state index contributed by atoms with van der Waals surface area (Å²) in [7, 11) is 0. The molecule has 1 N–H and O–H groups in total. The van der Waals surface area contributed by atoms with E-state index in [1.807, 2.05) is 6.07 Å². The molecule has 5 rings (SSSR count). The molecule has 8 heteroatoms. The third kappa shape index (κ3) is 4.01. The van der Waals surface area contributed by atoms with Crippen molar-refractivity contribution in [2.24, 2.45) is 0 Å². The second kappa shape index (κ2) is 8.63. The Morgan fingerprint density at radius 1 is 1.13 bits per heavy atom. The van der Waals surface area contributed by atoms with Crippen LogP contribution in [0.25, 0.3) is 15.8 Å². The second-order valence-electron chi connectivity index (χ2n) is 7.19. The van der Waals surface area contributed by atoms with Crippen molar-refractivity contribution >= 4 is 33.8 Å². The Balaban J connectivity index is 0.00000218. The van der Waals surface area contributed by atoms with Gasteiger partial charge in [0.1, 0.15) is 5.82 Å². The molecule has 3 aromatic heterocycles. The zero-order valence-electron chi connectivity index (χ0n) is 16.1. The number of benzene rings is 1. The molecule has 0 amide bonds. The molecule has 5 nitrogen and oxygen atoms in total. The van der Waals surface area contributed by atoms with Crippen molar-refractivity contribution in [3.63, 3.8) is 0 Å². The minimum atomic E-state index is -0.349. The standard InChI is InChI=1S/C22H19FN4OS.ClH/c23-15-2-4-16(25-12-15)3-1-14-9-22(28)27(26-11-14)17-5-6-18-19-7-8-24-13-21(19)29-20(18)10-17;/h2,4-6,9-12,24H,1,3,7-8,13H2;1H. The van der Waals surface area contributed by atoms with E-state index in [0.717, 1.165) is 36.5 Å². The van der Waals surface area contributed by atoms with Crippen LogP contribution in [0, 0.1) is 5.82 Å². The first-order chi connectivity index (χ1) is 14.2. The van der Waals surface area contributed by atoms with Crippen LogP contribution in [0.2, 0.25) is 0 Å². The number of halogens is 2. The first-order valence-electron chi connectivity index (χ1n) is 9.61. The van der Waals surface area contributed by atoms with E-state index in [2.05, 4.69) is 27.5 Å². The summed E-state index contributed by atoms with van der Waals surface area (Å²) < 4.78 is 15.6. The lowest BCUT2D eigenvalue weighted by molar-refractivity contribution is 0.619. The zero-order valence-corrected chi connectivity index (χ0v) is 17.7. The molecule has 4 aromatic rings. The lowest BCUT2D eigenvalue weighted by atomic mass is 10.0. The van der Waals surface area contributed by atoms with Gasteiger partial charge >= 0.3 is 0 Å². The predicted octanol–water partition coefficient (Wildman–Crippen LogP) is 3.83. The van der Waals surface area contributed by atoms with Crippen molar-refractivity contribution in [3.8, 4) is 5.69 Å². The highest BCUT2D eigenvalue weighted by Crippen LogP contribution is 2.34. The summed E-state index contributed by atoms with van der Waals surface area (Å²) in [5.41, 5.74) is 3.69. The van der Waals surface area contributed by atoms with Gasteiger partial charge in [0.15, 0.2) is 0 Å². The minimum absolute atomic E-state index is 0. The number of pyridine rings is 1. The molecule has 0 atom stereocenters. The van der Waals surface area contributed by atoms with Crippen LogP contribution in [0.15, 0.2) is 53.6 Å². The van der Waals surface area contributed by atoms with E-state index in [9.17, 15) is 9.18 Å². The molecule has 0 saturated heterocycles. The monoisotopic (exact) mass is 442 g/mol. The van der Waals surface area contributed by atoms with Crippen LogP contribution < -0.4 is 10.9 Å². The van der Waals surface area contributed by atoms with Gasteiger partial charge < -0.3 is 5.32 Å². The largest absolute Gasteiger partial charge is 0.312 e. The molecule has 1 aliphatic heterocycles. The summed E-state index contributed by atoms with van der Waals surface area (Å²) in [6, 6.07) is 10.8. The molecular weight excluding hydrogens is 423 g/mol. The number of nitrogens with zero attached hydrogens (tertiary/aromatic N) is 3. The van der Waals surface area contributed by atoms with Crippen molar-refractivity contribution in [2.45, 2.75) is 25.8 Å². The van der Waals surface area contributed by atoms with Gasteiger partial charge in [-0.15, -0.1) is 23.7 Å². The lowest BCUT2D eigenvalue weighted by Crippen LogP contribution is -2.22. The molecule has 0 unspecified atom stereocenters. The summed E-state index contributed by atoms with van der Waals surface area (Å²) in [4.78, 5) is 18.1. The van der Waals surface area contributed by atoms with Crippen molar-refractivity contribution in [3.05, 3.63) is 86.7 Å². The third-order valence-corrected chi connectivity index (χ3v) is 6.45. The molecule has 0 saturated carbocycles. The maximum Gasteiger partial charge on any atom is 0.271 e. The molecule has 0 fully saturated rings. The van der Waals surface area contributed by atoms with E-state index in [0.29, 0.717) is 12.8 Å². The van der Waals surface area contributed by atoms with Gasteiger partial charge in [0.25, 0.3) is 5.56 Å². The van der Waals surface area contributed by atoms with Crippen molar-refractivity contribution in [2.75, 3.05) is 6.54 Å². The number of nitrogens with one attached hydrogen (secondary N) is 1. The van der Waals surface area contributed by atoms with Gasteiger partial charge in [-0.25, -0.2) is 4.39 Å². The van der Waals surface area contributed by atoms with E-state index in [1.54, 1.807) is 29.7 Å². The Labute approximate surface area is 183 Å². The van der Waals surface area contributed by atoms with Gasteiger partial charge in [-0.3, -0.25) is 9.78 Å². The quantitative estimate of drug-likeness (QED) is 0.521. The van der Waals surface area contributed by atoms with Gasteiger partial charge in [0.05, 0.1) is 18.1 Å². The summed E-state index contributed by atoms with van der Waals surface area (Å²) in [6.07, 6.45) is 5.24. The Morgan fingerprint density at radius 2 is 2.03 bits per heavy atom. The number of rotatable bonds is 4. The summed E-state index contributed by atoms with van der Waals surface area (Å²) >= 11 is 1.79. The minimum Gasteiger partial charge on any atom is -0.312 e. The fourth-order valence-electron chi connectivity index (χ4n) is 3.76. The van der Waals surface area contributed by atoms with Crippen LogP contribution in [0.5, 0.6) is 0 Å². The zero-order chi connectivity index (χ0) is 19.8. The smallest absolute Gasteiger partial charge is 0.271 e. The van der Waals surface area contributed by atoms with Crippen LogP contribution in [0.4, 0.5) is 4.39 Å². The lowest BCUT2D eigenvalue weighted by Gasteiger charge is -2.12. The van der Waals surface area contributed by atoms with E-state index >= 15 is 0 Å². The van der Waals surface area contributed by atoms with E-state index in [4.69, 9.17) is 0 Å². The highest BCUT2D eigenvalue weighted by atomic mass is 35.5. The number of thiophene rings is 1. The molecule has 154 valence electrons. The van der Waals surface area contributed by atoms with Gasteiger partial charge in [0, 0.05) is 27.9 Å². The van der Waals surface area contributed by atoms with Crippen LogP contribution in [-0.4, -0.2) is 21.3 Å². The van der Waals surface area contributed by atoms with Gasteiger partial charge in [0.2, 0.25) is 0 Å². The van der Waals surface area contributed by atoms with Gasteiger partial charge in [-0.2, -0.15) is 9.78 Å². The average Bonchev–Trinajstić information content (AvgIpc) is 3.11. The normalized spacial score (nSPS) is 13.1. The maximum atomic E-state index is 13.0. The number of hydrogen-bond donors (Lipinski definition) is 1. The molecule has 4 heterocycles. The Kier molecular flexibility index (Phi) is 5.94. The molecule has 30 heavy (non-hydrogen) atoms. The molecule has 0 bridgehead atoms. The summed E-state index contributed by atoms with van der Waals surface area (Å²) in [5, 5.41) is 9.07.